The van der Waals surface area contributed by atoms with Gasteiger partial charge in [0, 0.05) is 10.9 Å². The van der Waals surface area contributed by atoms with Crippen molar-refractivity contribution in [2.75, 3.05) is 13.7 Å². The molecule has 0 amide bonds. The van der Waals surface area contributed by atoms with Crippen LogP contribution >= 0.6 is 11.3 Å². The summed E-state index contributed by atoms with van der Waals surface area (Å²) in [4.78, 5) is 15.4. The minimum Gasteiger partial charge on any atom is -0.465 e. The molecule has 0 saturated heterocycles. The molecule has 1 heterocycles. The number of ether oxygens (including phenoxy) is 1. The zero-order valence-electron chi connectivity index (χ0n) is 11.7. The molecule has 1 rings (SSSR count). The van der Waals surface area contributed by atoms with E-state index >= 15 is 0 Å². The summed E-state index contributed by atoms with van der Waals surface area (Å²) in [5, 5.41) is 2.07. The highest BCUT2D eigenvalue weighted by Gasteiger charge is 2.27. The van der Waals surface area contributed by atoms with E-state index < -0.39 is 0 Å². The van der Waals surface area contributed by atoms with Crippen LogP contribution in [0.15, 0.2) is 17.5 Å². The highest BCUT2D eigenvalue weighted by Crippen LogP contribution is 2.26. The Morgan fingerprint density at radius 2 is 2.22 bits per heavy atom. The number of carbonyl (C=O) groups is 1. The van der Waals surface area contributed by atoms with E-state index in [1.165, 1.54) is 4.88 Å². The SMILES string of the molecule is CCCC(C(=O)OCC)N(C)C(C)c1cccs1. The molecule has 0 spiro atoms. The van der Waals surface area contributed by atoms with Crippen molar-refractivity contribution >= 4 is 17.3 Å². The molecular weight excluding hydrogens is 246 g/mol. The number of esters is 1. The number of carbonyl (C=O) groups excluding carboxylic acids is 1. The summed E-state index contributed by atoms with van der Waals surface area (Å²) in [7, 11) is 2.00. The average molecular weight is 269 g/mol. The molecule has 1 aromatic heterocycles. The Hall–Kier alpha value is -0.870. The summed E-state index contributed by atoms with van der Waals surface area (Å²) in [6.07, 6.45) is 1.82. The minimum absolute atomic E-state index is 0.106. The van der Waals surface area contributed by atoms with Crippen molar-refractivity contribution in [3.63, 3.8) is 0 Å². The molecule has 3 nitrogen and oxygen atoms in total. The molecule has 0 bridgehead atoms. The lowest BCUT2D eigenvalue weighted by atomic mass is 10.1. The Morgan fingerprint density at radius 1 is 1.50 bits per heavy atom. The van der Waals surface area contributed by atoms with Gasteiger partial charge >= 0.3 is 5.97 Å². The lowest BCUT2D eigenvalue weighted by Gasteiger charge is -2.31. The van der Waals surface area contributed by atoms with Gasteiger partial charge < -0.3 is 4.74 Å². The molecule has 2 unspecified atom stereocenters. The quantitative estimate of drug-likeness (QED) is 0.710. The van der Waals surface area contributed by atoms with Crippen molar-refractivity contribution in [2.24, 2.45) is 0 Å². The van der Waals surface area contributed by atoms with E-state index in [4.69, 9.17) is 4.74 Å². The molecule has 0 fully saturated rings. The van der Waals surface area contributed by atoms with E-state index in [1.54, 1.807) is 11.3 Å². The van der Waals surface area contributed by atoms with Gasteiger partial charge in [0.2, 0.25) is 0 Å². The highest BCUT2D eigenvalue weighted by molar-refractivity contribution is 7.10. The molecule has 0 aliphatic rings. The van der Waals surface area contributed by atoms with Gasteiger partial charge in [-0.05, 0) is 38.8 Å². The third-order valence-corrected chi connectivity index (χ3v) is 4.22. The van der Waals surface area contributed by atoms with Gasteiger partial charge in [-0.2, -0.15) is 0 Å². The van der Waals surface area contributed by atoms with Crippen LogP contribution in [0.3, 0.4) is 0 Å². The molecule has 102 valence electrons. The first-order valence-electron chi connectivity index (χ1n) is 6.53. The van der Waals surface area contributed by atoms with E-state index in [1.807, 2.05) is 20.0 Å². The number of likely N-dealkylation sites (N-methyl/N-ethyl adjacent to an activating group) is 1. The average Bonchev–Trinajstić information content (AvgIpc) is 2.88. The van der Waals surface area contributed by atoms with Crippen LogP contribution in [0.2, 0.25) is 0 Å². The molecule has 0 aliphatic heterocycles. The van der Waals surface area contributed by atoms with Gasteiger partial charge in [-0.3, -0.25) is 9.69 Å². The molecule has 2 atom stereocenters. The Balaban J connectivity index is 2.75. The number of thiophene rings is 1. The maximum absolute atomic E-state index is 12.0. The predicted molar refractivity (Wildman–Crippen MR) is 75.8 cm³/mol. The number of hydrogen-bond donors (Lipinski definition) is 0. The number of nitrogens with zero attached hydrogens (tertiary/aromatic N) is 1. The summed E-state index contributed by atoms with van der Waals surface area (Å²) < 4.78 is 5.17. The van der Waals surface area contributed by atoms with Gasteiger partial charge in [-0.1, -0.05) is 19.4 Å². The van der Waals surface area contributed by atoms with Crippen LogP contribution in [-0.4, -0.2) is 30.6 Å². The van der Waals surface area contributed by atoms with E-state index in [0.29, 0.717) is 6.61 Å². The molecule has 0 aromatic carbocycles. The van der Waals surface area contributed by atoms with Gasteiger partial charge in [0.05, 0.1) is 6.61 Å². The molecule has 4 heteroatoms. The summed E-state index contributed by atoms with van der Waals surface area (Å²) in [6, 6.07) is 4.25. The van der Waals surface area contributed by atoms with Gasteiger partial charge in [0.15, 0.2) is 0 Å². The lowest BCUT2D eigenvalue weighted by Crippen LogP contribution is -2.40. The van der Waals surface area contributed by atoms with E-state index in [-0.39, 0.29) is 18.1 Å². The van der Waals surface area contributed by atoms with E-state index in [9.17, 15) is 4.79 Å². The molecule has 0 saturated carbocycles. The van der Waals surface area contributed by atoms with Crippen LogP contribution in [0.4, 0.5) is 0 Å². The maximum Gasteiger partial charge on any atom is 0.323 e. The first kappa shape index (κ1) is 15.2. The van der Waals surface area contributed by atoms with Gasteiger partial charge in [-0.25, -0.2) is 0 Å². The molecule has 18 heavy (non-hydrogen) atoms. The van der Waals surface area contributed by atoms with E-state index in [2.05, 4.69) is 30.2 Å². The summed E-state index contributed by atoms with van der Waals surface area (Å²) in [5.74, 6) is -0.106. The fraction of sp³-hybridized carbons (Fsp3) is 0.643. The second kappa shape index (κ2) is 7.54. The third-order valence-electron chi connectivity index (χ3n) is 3.18. The third kappa shape index (κ3) is 3.82. The van der Waals surface area contributed by atoms with Crippen molar-refractivity contribution in [1.29, 1.82) is 0 Å². The Bertz CT molecular complexity index is 351. The van der Waals surface area contributed by atoms with Gasteiger partial charge in [-0.15, -0.1) is 11.3 Å². The largest absolute Gasteiger partial charge is 0.465 e. The second-order valence-electron chi connectivity index (χ2n) is 4.41. The fourth-order valence-electron chi connectivity index (χ4n) is 2.00. The minimum atomic E-state index is -0.146. The standard InChI is InChI=1S/C14H23NO2S/c1-5-8-12(14(16)17-6-2)15(4)11(3)13-9-7-10-18-13/h7,9-12H,5-6,8H2,1-4H3. The summed E-state index contributed by atoms with van der Waals surface area (Å²) in [5.41, 5.74) is 0. The van der Waals surface area contributed by atoms with Gasteiger partial charge in [0.1, 0.15) is 6.04 Å². The smallest absolute Gasteiger partial charge is 0.323 e. The molecular formula is C14H23NO2S. The molecule has 0 radical (unpaired) electrons. The van der Waals surface area contributed by atoms with Crippen LogP contribution in [0, 0.1) is 0 Å². The summed E-state index contributed by atoms with van der Waals surface area (Å²) in [6.45, 7) is 6.52. The van der Waals surface area contributed by atoms with Crippen LogP contribution in [0.25, 0.3) is 0 Å². The first-order chi connectivity index (χ1) is 8.61. The Morgan fingerprint density at radius 3 is 2.72 bits per heavy atom. The van der Waals surface area contributed by atoms with E-state index in [0.717, 1.165) is 12.8 Å². The first-order valence-corrected chi connectivity index (χ1v) is 7.41. The van der Waals surface area contributed by atoms with Crippen molar-refractivity contribution in [2.45, 2.75) is 45.7 Å². The van der Waals surface area contributed by atoms with Crippen molar-refractivity contribution in [3.8, 4) is 0 Å². The number of rotatable bonds is 7. The summed E-state index contributed by atoms with van der Waals surface area (Å²) >= 11 is 1.73. The van der Waals surface area contributed by atoms with Crippen LogP contribution in [-0.2, 0) is 9.53 Å². The maximum atomic E-state index is 12.0. The predicted octanol–water partition coefficient (Wildman–Crippen LogP) is 3.47. The second-order valence-corrected chi connectivity index (χ2v) is 5.39. The van der Waals surface area contributed by atoms with Crippen molar-refractivity contribution < 1.29 is 9.53 Å². The normalized spacial score (nSPS) is 14.5. The Kier molecular flexibility index (Phi) is 6.36. The zero-order chi connectivity index (χ0) is 13.5. The fourth-order valence-corrected chi connectivity index (χ4v) is 2.83. The molecule has 0 aliphatic carbocycles. The van der Waals surface area contributed by atoms with Crippen LogP contribution in [0.5, 0.6) is 0 Å². The van der Waals surface area contributed by atoms with Crippen molar-refractivity contribution in [1.82, 2.24) is 4.90 Å². The highest BCUT2D eigenvalue weighted by atomic mass is 32.1. The van der Waals surface area contributed by atoms with Crippen molar-refractivity contribution in [3.05, 3.63) is 22.4 Å². The topological polar surface area (TPSA) is 29.5 Å². The molecule has 1 aromatic rings. The zero-order valence-corrected chi connectivity index (χ0v) is 12.5. The monoisotopic (exact) mass is 269 g/mol. The lowest BCUT2D eigenvalue weighted by molar-refractivity contribution is -0.150. The van der Waals surface area contributed by atoms with Gasteiger partial charge in [0.25, 0.3) is 0 Å². The van der Waals surface area contributed by atoms with Crippen LogP contribution in [0.1, 0.15) is 44.5 Å². The number of hydrogen-bond acceptors (Lipinski definition) is 4. The molecule has 0 N–H and O–H groups in total. The van der Waals surface area contributed by atoms with Crippen LogP contribution < -0.4 is 0 Å². The Labute approximate surface area is 114 Å².